The van der Waals surface area contributed by atoms with E-state index in [0.717, 1.165) is 18.7 Å². The molecule has 0 fully saturated rings. The van der Waals surface area contributed by atoms with E-state index in [1.807, 2.05) is 24.8 Å². The van der Waals surface area contributed by atoms with Crippen LogP contribution in [0.15, 0.2) is 41.9 Å². The van der Waals surface area contributed by atoms with Crippen LogP contribution in [0.4, 0.5) is 4.39 Å². The molecule has 2 aromatic rings. The van der Waals surface area contributed by atoms with E-state index in [1.54, 1.807) is 29.4 Å². The summed E-state index contributed by atoms with van der Waals surface area (Å²) in [7, 11) is 0. The van der Waals surface area contributed by atoms with Gasteiger partial charge in [0.1, 0.15) is 5.82 Å². The molecule has 7 heteroatoms. The third kappa shape index (κ3) is 4.43. The second-order valence-corrected chi connectivity index (χ2v) is 4.60. The van der Waals surface area contributed by atoms with E-state index in [1.165, 1.54) is 6.07 Å². The Morgan fingerprint density at radius 2 is 2.09 bits per heavy atom. The predicted molar refractivity (Wildman–Crippen MR) is 97.2 cm³/mol. The van der Waals surface area contributed by atoms with Crippen molar-refractivity contribution >= 4 is 29.9 Å². The number of imidazole rings is 1. The van der Waals surface area contributed by atoms with Gasteiger partial charge < -0.3 is 15.2 Å². The third-order valence-electron chi connectivity index (χ3n) is 3.31. The van der Waals surface area contributed by atoms with Gasteiger partial charge in [0.2, 0.25) is 0 Å². The molecule has 5 nitrogen and oxygen atoms in total. The highest BCUT2D eigenvalue weighted by molar-refractivity contribution is 14.0. The molecule has 0 saturated heterocycles. The first kappa shape index (κ1) is 18.4. The molecule has 0 aliphatic rings. The van der Waals surface area contributed by atoms with Crippen molar-refractivity contribution in [2.45, 2.75) is 20.4 Å². The van der Waals surface area contributed by atoms with Gasteiger partial charge in [-0.2, -0.15) is 0 Å². The van der Waals surface area contributed by atoms with Crippen LogP contribution in [-0.2, 0) is 6.54 Å². The van der Waals surface area contributed by atoms with Gasteiger partial charge in [-0.1, -0.05) is 6.07 Å². The van der Waals surface area contributed by atoms with Crippen LogP contribution in [0, 0.1) is 5.82 Å². The predicted octanol–water partition coefficient (Wildman–Crippen LogP) is 2.79. The van der Waals surface area contributed by atoms with Gasteiger partial charge in [-0.05, 0) is 31.5 Å². The van der Waals surface area contributed by atoms with Crippen LogP contribution < -0.4 is 5.73 Å². The van der Waals surface area contributed by atoms with Crippen molar-refractivity contribution in [2.24, 2.45) is 10.7 Å². The summed E-state index contributed by atoms with van der Waals surface area (Å²) in [4.78, 5) is 10.2. The molecule has 0 bridgehead atoms. The second kappa shape index (κ2) is 8.72. The molecule has 0 aliphatic heterocycles. The van der Waals surface area contributed by atoms with Gasteiger partial charge >= 0.3 is 0 Å². The summed E-state index contributed by atoms with van der Waals surface area (Å²) in [5, 5.41) is 0. The summed E-state index contributed by atoms with van der Waals surface area (Å²) in [5.41, 5.74) is 7.15. The maximum atomic E-state index is 14.1. The standard InChI is InChI=1S/C15H20FN5.HI/c1-3-20(4-2)15(17)19-10-12-5-6-14(13(16)9-12)21-8-7-18-11-21;/h5-9,11H,3-4,10H2,1-2H3,(H2,17,19);1H. The van der Waals surface area contributed by atoms with Gasteiger partial charge in [-0.15, -0.1) is 24.0 Å². The highest BCUT2D eigenvalue weighted by atomic mass is 127. The van der Waals surface area contributed by atoms with E-state index < -0.39 is 0 Å². The Hall–Kier alpha value is -1.64. The average Bonchev–Trinajstić information content (AvgIpc) is 3.00. The maximum absolute atomic E-state index is 14.1. The smallest absolute Gasteiger partial charge is 0.191 e. The molecule has 2 N–H and O–H groups in total. The number of nitrogens with two attached hydrogens (primary N) is 1. The number of benzene rings is 1. The maximum Gasteiger partial charge on any atom is 0.191 e. The van der Waals surface area contributed by atoms with Crippen molar-refractivity contribution in [1.29, 1.82) is 0 Å². The Balaban J connectivity index is 0.00000242. The van der Waals surface area contributed by atoms with Gasteiger partial charge in [0.25, 0.3) is 0 Å². The van der Waals surface area contributed by atoms with Crippen molar-refractivity contribution in [3.05, 3.63) is 48.3 Å². The van der Waals surface area contributed by atoms with Crippen LogP contribution in [-0.4, -0.2) is 33.5 Å². The molecule has 0 saturated carbocycles. The van der Waals surface area contributed by atoms with Crippen LogP contribution >= 0.6 is 24.0 Å². The topological polar surface area (TPSA) is 59.4 Å². The number of nitrogens with zero attached hydrogens (tertiary/aromatic N) is 4. The zero-order valence-corrected chi connectivity index (χ0v) is 15.1. The molecule has 0 spiro atoms. The summed E-state index contributed by atoms with van der Waals surface area (Å²) in [6, 6.07) is 5.04. The van der Waals surface area contributed by atoms with Gasteiger partial charge in [-0.3, -0.25) is 0 Å². The number of hydrogen-bond donors (Lipinski definition) is 1. The monoisotopic (exact) mass is 417 g/mol. The third-order valence-corrected chi connectivity index (χ3v) is 3.31. The minimum atomic E-state index is -0.304. The van der Waals surface area contributed by atoms with Crippen LogP contribution in [0.1, 0.15) is 19.4 Å². The van der Waals surface area contributed by atoms with Crippen LogP contribution in [0.3, 0.4) is 0 Å². The van der Waals surface area contributed by atoms with Gasteiger partial charge in [0, 0.05) is 25.5 Å². The van der Waals surface area contributed by atoms with Crippen molar-refractivity contribution in [1.82, 2.24) is 14.5 Å². The van der Waals surface area contributed by atoms with Crippen LogP contribution in [0.2, 0.25) is 0 Å². The lowest BCUT2D eigenvalue weighted by Crippen LogP contribution is -2.37. The van der Waals surface area contributed by atoms with Crippen molar-refractivity contribution in [3.63, 3.8) is 0 Å². The lowest BCUT2D eigenvalue weighted by molar-refractivity contribution is 0.458. The van der Waals surface area contributed by atoms with E-state index in [-0.39, 0.29) is 29.8 Å². The molecular formula is C15H21FIN5. The van der Waals surface area contributed by atoms with Gasteiger partial charge in [0.15, 0.2) is 5.96 Å². The van der Waals surface area contributed by atoms with Gasteiger partial charge in [0.05, 0.1) is 18.6 Å². The summed E-state index contributed by atoms with van der Waals surface area (Å²) in [6.45, 7) is 6.01. The molecule has 120 valence electrons. The van der Waals surface area contributed by atoms with Crippen molar-refractivity contribution in [3.8, 4) is 5.69 Å². The number of rotatable bonds is 5. The Bertz CT molecular complexity index is 608. The first-order valence-electron chi connectivity index (χ1n) is 6.97. The fourth-order valence-corrected chi connectivity index (χ4v) is 2.08. The van der Waals surface area contributed by atoms with E-state index in [2.05, 4.69) is 9.98 Å². The summed E-state index contributed by atoms with van der Waals surface area (Å²) in [5.74, 6) is 0.182. The molecule has 1 aromatic heterocycles. The second-order valence-electron chi connectivity index (χ2n) is 4.60. The molecular weight excluding hydrogens is 396 g/mol. The Labute approximate surface area is 147 Å². The normalized spacial score (nSPS) is 11.1. The zero-order valence-electron chi connectivity index (χ0n) is 12.7. The van der Waals surface area contributed by atoms with E-state index in [0.29, 0.717) is 18.2 Å². The molecule has 1 heterocycles. The lowest BCUT2D eigenvalue weighted by Gasteiger charge is -2.19. The molecule has 1 aromatic carbocycles. The average molecular weight is 417 g/mol. The largest absolute Gasteiger partial charge is 0.370 e. The number of hydrogen-bond acceptors (Lipinski definition) is 2. The highest BCUT2D eigenvalue weighted by Crippen LogP contribution is 2.15. The first-order valence-corrected chi connectivity index (χ1v) is 6.97. The lowest BCUT2D eigenvalue weighted by atomic mass is 10.2. The SMILES string of the molecule is CCN(CC)C(N)=NCc1ccc(-n2ccnc2)c(F)c1.I. The Morgan fingerprint density at radius 3 is 2.64 bits per heavy atom. The van der Waals surface area contributed by atoms with E-state index in [9.17, 15) is 4.39 Å². The molecule has 0 radical (unpaired) electrons. The highest BCUT2D eigenvalue weighted by Gasteiger charge is 2.06. The quantitative estimate of drug-likeness (QED) is 0.463. The minimum Gasteiger partial charge on any atom is -0.370 e. The fourth-order valence-electron chi connectivity index (χ4n) is 2.08. The van der Waals surface area contributed by atoms with Crippen molar-refractivity contribution in [2.75, 3.05) is 13.1 Å². The molecule has 22 heavy (non-hydrogen) atoms. The van der Waals surface area contributed by atoms with E-state index in [4.69, 9.17) is 5.73 Å². The number of aromatic nitrogens is 2. The summed E-state index contributed by atoms with van der Waals surface area (Å²) >= 11 is 0. The van der Waals surface area contributed by atoms with Crippen LogP contribution in [0.5, 0.6) is 0 Å². The summed E-state index contributed by atoms with van der Waals surface area (Å²) in [6.07, 6.45) is 4.88. The van der Waals surface area contributed by atoms with Crippen molar-refractivity contribution < 1.29 is 4.39 Å². The fraction of sp³-hybridized carbons (Fsp3) is 0.333. The number of halogens is 2. The molecule has 0 atom stereocenters. The number of guanidine groups is 1. The molecule has 0 amide bonds. The molecule has 0 aliphatic carbocycles. The minimum absolute atomic E-state index is 0. The summed E-state index contributed by atoms with van der Waals surface area (Å²) < 4.78 is 15.7. The van der Waals surface area contributed by atoms with E-state index >= 15 is 0 Å². The Morgan fingerprint density at radius 1 is 1.36 bits per heavy atom. The first-order chi connectivity index (χ1) is 10.2. The molecule has 0 unspecified atom stereocenters. The molecule has 2 rings (SSSR count). The Kier molecular flexibility index (Phi) is 7.30. The number of aliphatic imine (C=N–C) groups is 1. The zero-order chi connectivity index (χ0) is 15.2. The van der Waals surface area contributed by atoms with Crippen LogP contribution in [0.25, 0.3) is 5.69 Å². The van der Waals surface area contributed by atoms with Gasteiger partial charge in [-0.25, -0.2) is 14.4 Å².